The number of hydrogen-bond donors (Lipinski definition) is 0. The van der Waals surface area contributed by atoms with Crippen molar-refractivity contribution in [3.63, 3.8) is 0 Å². The third-order valence-electron chi connectivity index (χ3n) is 4.38. The average molecular weight is 378 g/mol. The van der Waals surface area contributed by atoms with Crippen LogP contribution in [0.1, 0.15) is 48.4 Å². The summed E-state index contributed by atoms with van der Waals surface area (Å²) in [4.78, 5) is 38.1. The average Bonchev–Trinajstić information content (AvgIpc) is 2.68. The molecule has 2 aromatic rings. The molecule has 0 amide bonds. The van der Waals surface area contributed by atoms with Gasteiger partial charge in [0.25, 0.3) is 0 Å². The SMILES string of the molecule is CC(/C=C/OC(=O)C(C)(C)C)C(C(=O)c1ccccc1)C(=O)c1ccccc1. The number of Topliss-reactive ketones (excluding diaryl/α,β-unsaturated/α-hetero) is 2. The molecule has 0 saturated heterocycles. The maximum atomic E-state index is 13.1. The fourth-order valence-electron chi connectivity index (χ4n) is 2.67. The van der Waals surface area contributed by atoms with E-state index in [1.165, 1.54) is 6.26 Å². The number of carbonyl (C=O) groups excluding carboxylic acids is 3. The van der Waals surface area contributed by atoms with Gasteiger partial charge in [-0.25, -0.2) is 0 Å². The summed E-state index contributed by atoms with van der Waals surface area (Å²) in [5, 5.41) is 0. The number of rotatable bonds is 7. The molecule has 4 nitrogen and oxygen atoms in total. The normalized spacial score (nSPS) is 12.8. The Balaban J connectivity index is 2.28. The maximum Gasteiger partial charge on any atom is 0.316 e. The van der Waals surface area contributed by atoms with Crippen LogP contribution in [-0.4, -0.2) is 17.5 Å². The predicted octanol–water partition coefficient (Wildman–Crippen LogP) is 5.11. The Morgan fingerprint density at radius 1 is 0.821 bits per heavy atom. The van der Waals surface area contributed by atoms with E-state index in [1.54, 1.807) is 82.3 Å². The van der Waals surface area contributed by atoms with Gasteiger partial charge in [-0.1, -0.05) is 67.6 Å². The Kier molecular flexibility index (Phi) is 7.05. The first kappa shape index (κ1) is 21.3. The summed E-state index contributed by atoms with van der Waals surface area (Å²) < 4.78 is 5.16. The first-order chi connectivity index (χ1) is 13.2. The molecule has 0 aromatic heterocycles. The second-order valence-electron chi connectivity index (χ2n) is 7.78. The lowest BCUT2D eigenvalue weighted by Gasteiger charge is -2.20. The fourth-order valence-corrected chi connectivity index (χ4v) is 2.67. The maximum absolute atomic E-state index is 13.1. The van der Waals surface area contributed by atoms with Crippen molar-refractivity contribution in [2.24, 2.45) is 17.3 Å². The van der Waals surface area contributed by atoms with E-state index >= 15 is 0 Å². The Hall–Kier alpha value is -3.01. The molecule has 0 heterocycles. The van der Waals surface area contributed by atoms with Crippen LogP contribution in [0.2, 0.25) is 0 Å². The lowest BCUT2D eigenvalue weighted by atomic mass is 9.81. The summed E-state index contributed by atoms with van der Waals surface area (Å²) in [6.45, 7) is 7.04. The standard InChI is InChI=1S/C24H26O4/c1-17(15-16-28-23(27)24(2,3)4)20(21(25)18-11-7-5-8-12-18)22(26)19-13-9-6-10-14-19/h5-17,20H,1-4H3/b16-15+. The molecule has 0 N–H and O–H groups in total. The molecule has 0 bridgehead atoms. The third-order valence-corrected chi connectivity index (χ3v) is 4.38. The minimum atomic E-state index is -0.908. The molecular weight excluding hydrogens is 352 g/mol. The minimum absolute atomic E-state index is 0.256. The minimum Gasteiger partial charge on any atom is -0.434 e. The number of ether oxygens (including phenoxy) is 1. The number of hydrogen-bond acceptors (Lipinski definition) is 4. The topological polar surface area (TPSA) is 60.4 Å². The Bertz CT molecular complexity index is 794. The van der Waals surface area contributed by atoms with E-state index in [4.69, 9.17) is 4.74 Å². The monoisotopic (exact) mass is 378 g/mol. The van der Waals surface area contributed by atoms with E-state index in [1.807, 2.05) is 12.1 Å². The van der Waals surface area contributed by atoms with Crippen molar-refractivity contribution >= 4 is 17.5 Å². The van der Waals surface area contributed by atoms with Crippen molar-refractivity contribution in [1.82, 2.24) is 0 Å². The van der Waals surface area contributed by atoms with Crippen molar-refractivity contribution in [3.8, 4) is 0 Å². The zero-order valence-electron chi connectivity index (χ0n) is 16.7. The summed E-state index contributed by atoms with van der Waals surface area (Å²) in [6.07, 6.45) is 2.87. The molecule has 0 aliphatic carbocycles. The fraction of sp³-hybridized carbons (Fsp3) is 0.292. The molecule has 2 aromatic carbocycles. The van der Waals surface area contributed by atoms with Gasteiger partial charge in [-0.3, -0.25) is 14.4 Å². The molecule has 0 radical (unpaired) electrons. The molecule has 0 saturated carbocycles. The first-order valence-electron chi connectivity index (χ1n) is 9.28. The number of allylic oxidation sites excluding steroid dienone is 1. The summed E-state index contributed by atoms with van der Waals surface area (Å²) >= 11 is 0. The molecular formula is C24H26O4. The van der Waals surface area contributed by atoms with Gasteiger partial charge in [0.1, 0.15) is 0 Å². The molecule has 0 aliphatic heterocycles. The van der Waals surface area contributed by atoms with Crippen molar-refractivity contribution in [1.29, 1.82) is 0 Å². The Labute approximate surface area is 166 Å². The number of esters is 1. The number of ketones is 2. The summed E-state index contributed by atoms with van der Waals surface area (Å²) in [6, 6.07) is 17.5. The molecule has 1 unspecified atom stereocenters. The predicted molar refractivity (Wildman–Crippen MR) is 109 cm³/mol. The highest BCUT2D eigenvalue weighted by atomic mass is 16.5. The lowest BCUT2D eigenvalue weighted by molar-refractivity contribution is -0.146. The van der Waals surface area contributed by atoms with Gasteiger partial charge in [-0.15, -0.1) is 0 Å². The van der Waals surface area contributed by atoms with Gasteiger partial charge >= 0.3 is 5.97 Å². The van der Waals surface area contributed by atoms with Crippen molar-refractivity contribution in [3.05, 3.63) is 84.1 Å². The highest BCUT2D eigenvalue weighted by molar-refractivity contribution is 6.16. The van der Waals surface area contributed by atoms with Crippen LogP contribution in [0, 0.1) is 17.3 Å². The largest absolute Gasteiger partial charge is 0.434 e. The van der Waals surface area contributed by atoms with Crippen molar-refractivity contribution < 1.29 is 19.1 Å². The van der Waals surface area contributed by atoms with Gasteiger partial charge in [-0.2, -0.15) is 0 Å². The quantitative estimate of drug-likeness (QED) is 0.291. The van der Waals surface area contributed by atoms with E-state index in [0.29, 0.717) is 11.1 Å². The van der Waals surface area contributed by atoms with Crippen LogP contribution < -0.4 is 0 Å². The summed E-state index contributed by atoms with van der Waals surface area (Å²) in [5.41, 5.74) is 0.319. The Morgan fingerprint density at radius 3 is 1.64 bits per heavy atom. The van der Waals surface area contributed by atoms with Gasteiger partial charge in [0.05, 0.1) is 17.6 Å². The Morgan fingerprint density at radius 2 is 1.25 bits per heavy atom. The zero-order chi connectivity index (χ0) is 20.7. The molecule has 1 atom stereocenters. The lowest BCUT2D eigenvalue weighted by Crippen LogP contribution is -2.30. The van der Waals surface area contributed by atoms with E-state index in [9.17, 15) is 14.4 Å². The van der Waals surface area contributed by atoms with E-state index < -0.39 is 17.3 Å². The summed E-state index contributed by atoms with van der Waals surface area (Å²) in [5.74, 6) is -2.25. The van der Waals surface area contributed by atoms with E-state index in [0.717, 1.165) is 0 Å². The smallest absolute Gasteiger partial charge is 0.316 e. The van der Waals surface area contributed by atoms with Gasteiger partial charge < -0.3 is 4.74 Å². The van der Waals surface area contributed by atoms with Gasteiger partial charge in [0.15, 0.2) is 11.6 Å². The van der Waals surface area contributed by atoms with Gasteiger partial charge in [0, 0.05) is 11.1 Å². The highest BCUT2D eigenvalue weighted by Crippen LogP contribution is 2.24. The first-order valence-corrected chi connectivity index (χ1v) is 9.28. The van der Waals surface area contributed by atoms with Crippen LogP contribution >= 0.6 is 0 Å². The molecule has 0 spiro atoms. The summed E-state index contributed by atoms with van der Waals surface area (Å²) in [7, 11) is 0. The van der Waals surface area contributed by atoms with E-state index in [-0.39, 0.29) is 17.5 Å². The molecule has 2 rings (SSSR count). The highest BCUT2D eigenvalue weighted by Gasteiger charge is 2.32. The second kappa shape index (κ2) is 9.27. The van der Waals surface area contributed by atoms with Crippen molar-refractivity contribution in [2.75, 3.05) is 0 Å². The zero-order valence-corrected chi connectivity index (χ0v) is 16.7. The van der Waals surface area contributed by atoms with Crippen LogP contribution in [0.3, 0.4) is 0 Å². The van der Waals surface area contributed by atoms with Crippen LogP contribution in [0.4, 0.5) is 0 Å². The number of benzene rings is 2. The molecule has 146 valence electrons. The van der Waals surface area contributed by atoms with Crippen molar-refractivity contribution in [2.45, 2.75) is 27.7 Å². The molecule has 4 heteroatoms. The number of carbonyl (C=O) groups is 3. The molecule has 28 heavy (non-hydrogen) atoms. The molecule has 0 aliphatic rings. The van der Waals surface area contributed by atoms with Gasteiger partial charge in [-0.05, 0) is 32.8 Å². The van der Waals surface area contributed by atoms with Crippen LogP contribution in [-0.2, 0) is 9.53 Å². The van der Waals surface area contributed by atoms with Crippen LogP contribution in [0.25, 0.3) is 0 Å². The third kappa shape index (κ3) is 5.49. The van der Waals surface area contributed by atoms with Crippen LogP contribution in [0.5, 0.6) is 0 Å². The van der Waals surface area contributed by atoms with Crippen LogP contribution in [0.15, 0.2) is 73.0 Å². The van der Waals surface area contributed by atoms with E-state index in [2.05, 4.69) is 0 Å². The molecule has 0 fully saturated rings. The van der Waals surface area contributed by atoms with Gasteiger partial charge in [0.2, 0.25) is 0 Å². The second-order valence-corrected chi connectivity index (χ2v) is 7.78.